The zero-order valence-electron chi connectivity index (χ0n) is 11.4. The van der Waals surface area contributed by atoms with Crippen LogP contribution in [-0.2, 0) is 4.74 Å². The van der Waals surface area contributed by atoms with Gasteiger partial charge < -0.3 is 15.2 Å². The van der Waals surface area contributed by atoms with Crippen molar-refractivity contribution in [3.05, 3.63) is 0 Å². The van der Waals surface area contributed by atoms with Crippen LogP contribution in [0.1, 0.15) is 59.8 Å². The molecule has 0 saturated heterocycles. The lowest BCUT2D eigenvalue weighted by Gasteiger charge is -2.33. The lowest BCUT2D eigenvalue weighted by Crippen LogP contribution is -2.51. The fraction of sp³-hybridized carbons (Fsp3) is 0.923. The molecule has 1 fully saturated rings. The van der Waals surface area contributed by atoms with Crippen LogP contribution in [0.15, 0.2) is 0 Å². The van der Waals surface area contributed by atoms with Gasteiger partial charge in [-0.2, -0.15) is 0 Å². The SMILES string of the molecule is CCC(NC(=O)OC(C)(C)C)C1(O)CCCC1. The third-order valence-corrected chi connectivity index (χ3v) is 3.22. The lowest BCUT2D eigenvalue weighted by molar-refractivity contribution is -0.00355. The smallest absolute Gasteiger partial charge is 0.407 e. The van der Waals surface area contributed by atoms with Crippen LogP contribution in [0.2, 0.25) is 0 Å². The van der Waals surface area contributed by atoms with Crippen molar-refractivity contribution in [3.8, 4) is 0 Å². The van der Waals surface area contributed by atoms with Crippen LogP contribution < -0.4 is 5.32 Å². The zero-order valence-corrected chi connectivity index (χ0v) is 11.4. The Kier molecular flexibility index (Phi) is 4.42. The lowest BCUT2D eigenvalue weighted by atomic mass is 9.90. The second-order valence-corrected chi connectivity index (χ2v) is 5.92. The molecule has 0 radical (unpaired) electrons. The van der Waals surface area contributed by atoms with Crippen molar-refractivity contribution in [3.63, 3.8) is 0 Å². The number of hydrogen-bond donors (Lipinski definition) is 2. The number of aliphatic hydroxyl groups is 1. The summed E-state index contributed by atoms with van der Waals surface area (Å²) in [5, 5.41) is 13.2. The molecule has 1 aliphatic rings. The van der Waals surface area contributed by atoms with Gasteiger partial charge in [0.05, 0.1) is 11.6 Å². The highest BCUT2D eigenvalue weighted by Crippen LogP contribution is 2.33. The minimum absolute atomic E-state index is 0.208. The van der Waals surface area contributed by atoms with E-state index in [0.29, 0.717) is 0 Å². The minimum atomic E-state index is -0.744. The third kappa shape index (κ3) is 4.19. The molecule has 0 spiro atoms. The normalized spacial score (nSPS) is 21.0. The maximum atomic E-state index is 11.7. The highest BCUT2D eigenvalue weighted by molar-refractivity contribution is 5.68. The Morgan fingerprint density at radius 1 is 1.41 bits per heavy atom. The third-order valence-electron chi connectivity index (χ3n) is 3.22. The standard InChI is InChI=1S/C13H25NO3/c1-5-10(13(16)8-6-7-9-13)14-11(15)17-12(2,3)4/h10,16H,5-9H2,1-4H3,(H,14,15). The van der Waals surface area contributed by atoms with Gasteiger partial charge in [0.2, 0.25) is 0 Å². The van der Waals surface area contributed by atoms with E-state index in [1.807, 2.05) is 27.7 Å². The summed E-state index contributed by atoms with van der Waals surface area (Å²) in [6, 6.07) is -0.208. The summed E-state index contributed by atoms with van der Waals surface area (Å²) in [4.78, 5) is 11.7. The van der Waals surface area contributed by atoms with E-state index >= 15 is 0 Å². The number of carbonyl (C=O) groups is 1. The molecule has 2 N–H and O–H groups in total. The molecule has 0 aromatic rings. The second-order valence-electron chi connectivity index (χ2n) is 5.92. The molecule has 4 heteroatoms. The molecule has 1 aliphatic carbocycles. The molecule has 1 unspecified atom stereocenters. The van der Waals surface area contributed by atoms with E-state index in [1.165, 1.54) is 0 Å². The van der Waals surface area contributed by atoms with Crippen molar-refractivity contribution in [1.82, 2.24) is 5.32 Å². The van der Waals surface area contributed by atoms with E-state index in [-0.39, 0.29) is 6.04 Å². The molecule has 1 atom stereocenters. The van der Waals surface area contributed by atoms with Crippen LogP contribution in [0.25, 0.3) is 0 Å². The fourth-order valence-electron chi connectivity index (χ4n) is 2.40. The number of amides is 1. The summed E-state index contributed by atoms with van der Waals surface area (Å²) in [5.41, 5.74) is -1.24. The summed E-state index contributed by atoms with van der Waals surface area (Å²) >= 11 is 0. The summed E-state index contributed by atoms with van der Waals surface area (Å²) in [7, 11) is 0. The van der Waals surface area contributed by atoms with Crippen molar-refractivity contribution in [1.29, 1.82) is 0 Å². The number of carbonyl (C=O) groups excluding carboxylic acids is 1. The highest BCUT2D eigenvalue weighted by Gasteiger charge is 2.39. The first-order chi connectivity index (χ1) is 7.77. The van der Waals surface area contributed by atoms with Gasteiger partial charge in [-0.3, -0.25) is 0 Å². The number of nitrogens with one attached hydrogen (secondary N) is 1. The van der Waals surface area contributed by atoms with Gasteiger partial charge in [0.25, 0.3) is 0 Å². The monoisotopic (exact) mass is 243 g/mol. The van der Waals surface area contributed by atoms with E-state index in [2.05, 4.69) is 5.32 Å². The predicted molar refractivity (Wildman–Crippen MR) is 66.9 cm³/mol. The van der Waals surface area contributed by atoms with Crippen LogP contribution >= 0.6 is 0 Å². The maximum absolute atomic E-state index is 11.7. The molecule has 100 valence electrons. The van der Waals surface area contributed by atoms with E-state index in [9.17, 15) is 9.90 Å². The fourth-order valence-corrected chi connectivity index (χ4v) is 2.40. The Balaban J connectivity index is 2.55. The Morgan fingerprint density at radius 2 is 1.94 bits per heavy atom. The van der Waals surface area contributed by atoms with Gasteiger partial charge >= 0.3 is 6.09 Å². The van der Waals surface area contributed by atoms with Gasteiger partial charge in [0.15, 0.2) is 0 Å². The van der Waals surface area contributed by atoms with Gasteiger partial charge in [0.1, 0.15) is 5.60 Å². The van der Waals surface area contributed by atoms with E-state index in [4.69, 9.17) is 4.74 Å². The van der Waals surface area contributed by atoms with Gasteiger partial charge in [-0.1, -0.05) is 19.8 Å². The zero-order chi connectivity index (χ0) is 13.1. The predicted octanol–water partition coefficient (Wildman–Crippen LogP) is 2.59. The van der Waals surface area contributed by atoms with Crippen molar-refractivity contribution in [2.45, 2.75) is 77.0 Å². The van der Waals surface area contributed by atoms with Crippen LogP contribution in [0.4, 0.5) is 4.79 Å². The van der Waals surface area contributed by atoms with Crippen LogP contribution in [-0.4, -0.2) is 28.4 Å². The molecule has 0 aliphatic heterocycles. The first kappa shape index (κ1) is 14.3. The molecule has 1 saturated carbocycles. The molecule has 4 nitrogen and oxygen atoms in total. The second kappa shape index (κ2) is 5.25. The Hall–Kier alpha value is -0.770. The molecular weight excluding hydrogens is 218 g/mol. The van der Waals surface area contributed by atoms with Crippen LogP contribution in [0.3, 0.4) is 0 Å². The van der Waals surface area contributed by atoms with Gasteiger partial charge in [-0.15, -0.1) is 0 Å². The molecule has 1 amide bonds. The molecule has 0 heterocycles. The average molecular weight is 243 g/mol. The van der Waals surface area contributed by atoms with Crippen molar-refractivity contribution in [2.24, 2.45) is 0 Å². The van der Waals surface area contributed by atoms with E-state index in [0.717, 1.165) is 32.1 Å². The van der Waals surface area contributed by atoms with Gasteiger partial charge in [-0.05, 0) is 40.0 Å². The number of hydrogen-bond acceptors (Lipinski definition) is 3. The quantitative estimate of drug-likeness (QED) is 0.801. The minimum Gasteiger partial charge on any atom is -0.444 e. The molecule has 0 aromatic heterocycles. The van der Waals surface area contributed by atoms with Gasteiger partial charge in [0, 0.05) is 0 Å². The molecule has 1 rings (SSSR count). The summed E-state index contributed by atoms with van der Waals surface area (Å²) in [5.74, 6) is 0. The first-order valence-corrected chi connectivity index (χ1v) is 6.49. The first-order valence-electron chi connectivity index (χ1n) is 6.49. The molecule has 0 aromatic carbocycles. The van der Waals surface area contributed by atoms with Crippen molar-refractivity contribution < 1.29 is 14.6 Å². The largest absolute Gasteiger partial charge is 0.444 e. The average Bonchev–Trinajstić information content (AvgIpc) is 2.59. The Bertz CT molecular complexity index is 264. The van der Waals surface area contributed by atoms with Crippen LogP contribution in [0.5, 0.6) is 0 Å². The number of alkyl carbamates (subject to hydrolysis) is 1. The summed E-state index contributed by atoms with van der Waals surface area (Å²) < 4.78 is 5.21. The molecular formula is C13H25NO3. The molecule has 17 heavy (non-hydrogen) atoms. The van der Waals surface area contributed by atoms with Crippen LogP contribution in [0, 0.1) is 0 Å². The number of ether oxygens (including phenoxy) is 1. The van der Waals surface area contributed by atoms with Crippen molar-refractivity contribution >= 4 is 6.09 Å². The summed E-state index contributed by atoms with van der Waals surface area (Å²) in [6.45, 7) is 7.46. The molecule has 0 bridgehead atoms. The van der Waals surface area contributed by atoms with Crippen molar-refractivity contribution in [2.75, 3.05) is 0 Å². The van der Waals surface area contributed by atoms with Gasteiger partial charge in [-0.25, -0.2) is 4.79 Å². The Morgan fingerprint density at radius 3 is 2.35 bits per heavy atom. The number of rotatable bonds is 3. The van der Waals surface area contributed by atoms with E-state index in [1.54, 1.807) is 0 Å². The Labute approximate surface area is 104 Å². The van der Waals surface area contributed by atoms with E-state index < -0.39 is 17.3 Å². The summed E-state index contributed by atoms with van der Waals surface area (Å²) in [6.07, 6.45) is 3.87. The highest BCUT2D eigenvalue weighted by atomic mass is 16.6. The topological polar surface area (TPSA) is 58.6 Å². The maximum Gasteiger partial charge on any atom is 0.407 e.